The molecule has 2 nitrogen and oxygen atoms in total. The van der Waals surface area contributed by atoms with Crippen LogP contribution in [-0.4, -0.2) is 14.2 Å². The Morgan fingerprint density at radius 1 is 1.00 bits per heavy atom. The molecule has 0 heterocycles. The van der Waals surface area contributed by atoms with Gasteiger partial charge in [0.25, 0.3) is 0 Å². The first-order chi connectivity index (χ1) is 9.24. The normalized spacial score (nSPS) is 16.2. The second-order valence-corrected chi connectivity index (χ2v) is 4.61. The number of hydrogen-bond acceptors (Lipinski definition) is 2. The maximum absolute atomic E-state index is 5.28. The summed E-state index contributed by atoms with van der Waals surface area (Å²) in [7, 11) is 3.40. The molecule has 0 aromatic heterocycles. The molecule has 0 radical (unpaired) electrons. The van der Waals surface area contributed by atoms with Gasteiger partial charge in [-0.15, -0.1) is 0 Å². The first-order valence-electron chi connectivity index (χ1n) is 6.50. The first kappa shape index (κ1) is 13.5. The standard InChI is InChI=1S/C17H20O2/c1-13(15-8-11-17(19-3)12-9-15)14-5-4-6-16(18-2)10-7-14/h4-5,7-13H,6H2,1-3H3. The van der Waals surface area contributed by atoms with Gasteiger partial charge in [0, 0.05) is 12.3 Å². The van der Waals surface area contributed by atoms with Crippen LogP contribution < -0.4 is 4.74 Å². The summed E-state index contributed by atoms with van der Waals surface area (Å²) in [5, 5.41) is 0. The topological polar surface area (TPSA) is 18.5 Å². The van der Waals surface area contributed by atoms with Gasteiger partial charge in [-0.05, 0) is 29.3 Å². The van der Waals surface area contributed by atoms with Gasteiger partial charge in [0.2, 0.25) is 0 Å². The van der Waals surface area contributed by atoms with Crippen LogP contribution in [-0.2, 0) is 4.74 Å². The van der Waals surface area contributed by atoms with Crippen molar-refractivity contribution < 1.29 is 9.47 Å². The van der Waals surface area contributed by atoms with Crippen molar-refractivity contribution in [3.8, 4) is 5.75 Å². The van der Waals surface area contributed by atoms with Gasteiger partial charge in [-0.3, -0.25) is 0 Å². The van der Waals surface area contributed by atoms with E-state index in [9.17, 15) is 0 Å². The van der Waals surface area contributed by atoms with E-state index in [2.05, 4.69) is 43.4 Å². The Kier molecular flexibility index (Phi) is 4.45. The van der Waals surface area contributed by atoms with Crippen LogP contribution in [0.1, 0.15) is 24.8 Å². The highest BCUT2D eigenvalue weighted by Crippen LogP contribution is 2.28. The Hall–Kier alpha value is -1.96. The molecule has 1 aromatic carbocycles. The lowest BCUT2D eigenvalue weighted by Crippen LogP contribution is -1.96. The minimum Gasteiger partial charge on any atom is -0.501 e. The maximum Gasteiger partial charge on any atom is 0.118 e. The molecule has 1 aliphatic rings. The molecule has 1 aromatic rings. The molecule has 0 saturated heterocycles. The third kappa shape index (κ3) is 3.28. The Balaban J connectivity index is 2.20. The van der Waals surface area contributed by atoms with Gasteiger partial charge in [-0.2, -0.15) is 0 Å². The summed E-state index contributed by atoms with van der Waals surface area (Å²) in [4.78, 5) is 0. The zero-order valence-electron chi connectivity index (χ0n) is 11.7. The fourth-order valence-corrected chi connectivity index (χ4v) is 2.15. The van der Waals surface area contributed by atoms with E-state index >= 15 is 0 Å². The fourth-order valence-electron chi connectivity index (χ4n) is 2.15. The average molecular weight is 256 g/mol. The van der Waals surface area contributed by atoms with Gasteiger partial charge in [0.15, 0.2) is 0 Å². The van der Waals surface area contributed by atoms with Crippen LogP contribution in [0.2, 0.25) is 0 Å². The van der Waals surface area contributed by atoms with Crippen molar-refractivity contribution in [3.05, 3.63) is 65.5 Å². The van der Waals surface area contributed by atoms with E-state index < -0.39 is 0 Å². The molecule has 2 heteroatoms. The van der Waals surface area contributed by atoms with Crippen LogP contribution in [0.4, 0.5) is 0 Å². The number of hydrogen-bond donors (Lipinski definition) is 0. The Morgan fingerprint density at radius 2 is 1.74 bits per heavy atom. The molecular weight excluding hydrogens is 236 g/mol. The second kappa shape index (κ2) is 6.28. The molecule has 0 aliphatic heterocycles. The van der Waals surface area contributed by atoms with E-state index in [1.807, 2.05) is 12.1 Å². The summed E-state index contributed by atoms with van der Waals surface area (Å²) >= 11 is 0. The van der Waals surface area contributed by atoms with E-state index in [-0.39, 0.29) is 0 Å². The second-order valence-electron chi connectivity index (χ2n) is 4.61. The monoisotopic (exact) mass is 256 g/mol. The SMILES string of the molecule is COC1=CC=C(C(C)c2ccc(OC)cc2)C=CC1. The summed E-state index contributed by atoms with van der Waals surface area (Å²) in [6.45, 7) is 2.21. The van der Waals surface area contributed by atoms with Crippen LogP contribution in [0.25, 0.3) is 0 Å². The molecule has 19 heavy (non-hydrogen) atoms. The van der Waals surface area contributed by atoms with Crippen molar-refractivity contribution in [3.63, 3.8) is 0 Å². The van der Waals surface area contributed by atoms with Crippen molar-refractivity contribution in [2.45, 2.75) is 19.3 Å². The highest BCUT2D eigenvalue weighted by Gasteiger charge is 2.10. The summed E-state index contributed by atoms with van der Waals surface area (Å²) in [6.07, 6.45) is 9.37. The fraction of sp³-hybridized carbons (Fsp3) is 0.294. The van der Waals surface area contributed by atoms with Crippen molar-refractivity contribution in [1.82, 2.24) is 0 Å². The molecule has 1 unspecified atom stereocenters. The number of rotatable bonds is 4. The molecular formula is C17H20O2. The molecule has 0 saturated carbocycles. The first-order valence-corrected chi connectivity index (χ1v) is 6.50. The van der Waals surface area contributed by atoms with Crippen molar-refractivity contribution in [2.75, 3.05) is 14.2 Å². The number of ether oxygens (including phenoxy) is 2. The van der Waals surface area contributed by atoms with Crippen LogP contribution in [0, 0.1) is 0 Å². The van der Waals surface area contributed by atoms with E-state index in [4.69, 9.17) is 9.47 Å². The Labute approximate surface area is 115 Å². The van der Waals surface area contributed by atoms with Crippen molar-refractivity contribution in [2.24, 2.45) is 0 Å². The van der Waals surface area contributed by atoms with E-state index in [0.717, 1.165) is 17.9 Å². The molecule has 0 bridgehead atoms. The summed E-state index contributed by atoms with van der Waals surface area (Å²) < 4.78 is 10.5. The molecule has 0 spiro atoms. The third-order valence-corrected chi connectivity index (χ3v) is 3.47. The largest absolute Gasteiger partial charge is 0.501 e. The smallest absolute Gasteiger partial charge is 0.118 e. The molecule has 0 N–H and O–H groups in total. The van der Waals surface area contributed by atoms with Gasteiger partial charge in [0.05, 0.1) is 20.0 Å². The number of methoxy groups -OCH3 is 2. The van der Waals surface area contributed by atoms with Gasteiger partial charge < -0.3 is 9.47 Å². The lowest BCUT2D eigenvalue weighted by atomic mass is 9.92. The highest BCUT2D eigenvalue weighted by atomic mass is 16.5. The molecule has 0 fully saturated rings. The predicted octanol–water partition coefficient (Wildman–Crippen LogP) is 4.22. The minimum atomic E-state index is 0.356. The number of benzene rings is 1. The molecule has 2 rings (SSSR count). The summed E-state index contributed by atoms with van der Waals surface area (Å²) in [5.41, 5.74) is 2.57. The summed E-state index contributed by atoms with van der Waals surface area (Å²) in [6, 6.07) is 8.24. The van der Waals surface area contributed by atoms with Gasteiger partial charge in [-0.25, -0.2) is 0 Å². The average Bonchev–Trinajstić information content (AvgIpc) is 2.72. The van der Waals surface area contributed by atoms with E-state index in [0.29, 0.717) is 5.92 Å². The van der Waals surface area contributed by atoms with Crippen molar-refractivity contribution in [1.29, 1.82) is 0 Å². The van der Waals surface area contributed by atoms with E-state index in [1.165, 1.54) is 11.1 Å². The van der Waals surface area contributed by atoms with Crippen molar-refractivity contribution >= 4 is 0 Å². The highest BCUT2D eigenvalue weighted by molar-refractivity contribution is 5.40. The minimum absolute atomic E-state index is 0.356. The third-order valence-electron chi connectivity index (χ3n) is 3.47. The quantitative estimate of drug-likeness (QED) is 0.803. The predicted molar refractivity (Wildman–Crippen MR) is 78.3 cm³/mol. The van der Waals surface area contributed by atoms with Crippen LogP contribution >= 0.6 is 0 Å². The zero-order chi connectivity index (χ0) is 13.7. The summed E-state index contributed by atoms with van der Waals surface area (Å²) in [5.74, 6) is 2.24. The van der Waals surface area contributed by atoms with Crippen LogP contribution in [0.15, 0.2) is 59.9 Å². The lowest BCUT2D eigenvalue weighted by molar-refractivity contribution is 0.285. The Morgan fingerprint density at radius 3 is 2.37 bits per heavy atom. The molecule has 1 aliphatic carbocycles. The zero-order valence-corrected chi connectivity index (χ0v) is 11.7. The molecule has 0 amide bonds. The lowest BCUT2D eigenvalue weighted by Gasteiger charge is -2.13. The molecule has 1 atom stereocenters. The van der Waals surface area contributed by atoms with Gasteiger partial charge in [-0.1, -0.05) is 37.3 Å². The van der Waals surface area contributed by atoms with Crippen LogP contribution in [0.5, 0.6) is 5.75 Å². The molecule has 100 valence electrons. The van der Waals surface area contributed by atoms with E-state index in [1.54, 1.807) is 14.2 Å². The van der Waals surface area contributed by atoms with Crippen LogP contribution in [0.3, 0.4) is 0 Å². The maximum atomic E-state index is 5.28. The van der Waals surface area contributed by atoms with Gasteiger partial charge in [0.1, 0.15) is 5.75 Å². The van der Waals surface area contributed by atoms with Gasteiger partial charge >= 0.3 is 0 Å². The Bertz CT molecular complexity index is 507. The number of allylic oxidation sites excluding steroid dienone is 5.